The van der Waals surface area contributed by atoms with Crippen LogP contribution in [0.4, 0.5) is 5.69 Å². The fraction of sp³-hybridized carbons (Fsp3) is 0.130. The molecule has 9 heteroatoms. The second kappa shape index (κ2) is 8.72. The lowest BCUT2D eigenvalue weighted by Crippen LogP contribution is -2.04. The maximum atomic E-state index is 11.1. The molecular formula is C23H18N4O4S. The van der Waals surface area contributed by atoms with Crippen LogP contribution in [0.1, 0.15) is 11.1 Å². The van der Waals surface area contributed by atoms with Crippen molar-refractivity contribution in [3.63, 3.8) is 0 Å². The van der Waals surface area contributed by atoms with E-state index in [4.69, 9.17) is 9.47 Å². The summed E-state index contributed by atoms with van der Waals surface area (Å²) in [5.74, 6) is 2.75. The van der Waals surface area contributed by atoms with Gasteiger partial charge in [0.05, 0.1) is 11.5 Å². The number of hydrogen-bond donors (Lipinski definition) is 0. The van der Waals surface area contributed by atoms with Crippen LogP contribution in [-0.4, -0.2) is 26.5 Å². The topological polar surface area (TPSA) is 92.3 Å². The van der Waals surface area contributed by atoms with E-state index in [9.17, 15) is 10.1 Å². The van der Waals surface area contributed by atoms with E-state index in [1.165, 1.54) is 17.8 Å². The van der Waals surface area contributed by atoms with Crippen molar-refractivity contribution >= 4 is 17.4 Å². The lowest BCUT2D eigenvalue weighted by Gasteiger charge is -2.11. The van der Waals surface area contributed by atoms with Crippen molar-refractivity contribution in [3.05, 3.63) is 94.0 Å². The van der Waals surface area contributed by atoms with Crippen molar-refractivity contribution in [3.8, 4) is 22.9 Å². The number of nitro groups is 1. The molecule has 0 atom stereocenters. The SMILES string of the molecule is O=[N+]([O-])c1cccc(CSc2nnc(-c3ccccc3)n2Cc2ccc3c(c2)OCO3)c1. The molecule has 0 fully saturated rings. The third-order valence-electron chi connectivity index (χ3n) is 5.02. The van der Waals surface area contributed by atoms with Gasteiger partial charge >= 0.3 is 0 Å². The van der Waals surface area contributed by atoms with Crippen LogP contribution in [0.2, 0.25) is 0 Å². The van der Waals surface area contributed by atoms with Gasteiger partial charge in [0.25, 0.3) is 5.69 Å². The van der Waals surface area contributed by atoms with Gasteiger partial charge in [-0.3, -0.25) is 14.7 Å². The van der Waals surface area contributed by atoms with Gasteiger partial charge < -0.3 is 9.47 Å². The molecule has 0 N–H and O–H groups in total. The molecule has 0 bridgehead atoms. The van der Waals surface area contributed by atoms with Gasteiger partial charge in [0.2, 0.25) is 6.79 Å². The standard InChI is InChI=1S/C23H18N4O4S/c28-27(29)19-8-4-5-17(11-19)14-32-23-25-24-22(18-6-2-1-3-7-18)26(23)13-16-9-10-20-21(12-16)31-15-30-20/h1-12H,13-15H2. The van der Waals surface area contributed by atoms with Crippen molar-refractivity contribution in [2.45, 2.75) is 17.5 Å². The van der Waals surface area contributed by atoms with Gasteiger partial charge in [-0.15, -0.1) is 10.2 Å². The number of ether oxygens (including phenoxy) is 2. The first kappa shape index (κ1) is 20.1. The van der Waals surface area contributed by atoms with E-state index in [0.717, 1.165) is 39.2 Å². The third kappa shape index (κ3) is 4.15. The first-order valence-electron chi connectivity index (χ1n) is 9.90. The van der Waals surface area contributed by atoms with Gasteiger partial charge in [-0.25, -0.2) is 0 Å². The Morgan fingerprint density at radius 1 is 0.938 bits per heavy atom. The van der Waals surface area contributed by atoms with Crippen molar-refractivity contribution in [2.75, 3.05) is 6.79 Å². The van der Waals surface area contributed by atoms with E-state index in [0.29, 0.717) is 12.3 Å². The molecule has 160 valence electrons. The van der Waals surface area contributed by atoms with Crippen LogP contribution in [0.25, 0.3) is 11.4 Å². The lowest BCUT2D eigenvalue weighted by molar-refractivity contribution is -0.384. The summed E-state index contributed by atoms with van der Waals surface area (Å²) in [7, 11) is 0. The Labute approximate surface area is 188 Å². The zero-order valence-corrected chi connectivity index (χ0v) is 17.7. The van der Waals surface area contributed by atoms with Crippen LogP contribution in [0.15, 0.2) is 78.0 Å². The Kier molecular flexibility index (Phi) is 5.47. The van der Waals surface area contributed by atoms with Crippen LogP contribution >= 0.6 is 11.8 Å². The molecule has 32 heavy (non-hydrogen) atoms. The number of hydrogen-bond acceptors (Lipinski definition) is 7. The molecule has 4 aromatic rings. The van der Waals surface area contributed by atoms with Gasteiger partial charge in [0, 0.05) is 23.4 Å². The van der Waals surface area contributed by atoms with Crippen molar-refractivity contribution in [1.82, 2.24) is 14.8 Å². The molecule has 0 aliphatic carbocycles. The van der Waals surface area contributed by atoms with Crippen LogP contribution in [0, 0.1) is 10.1 Å². The third-order valence-corrected chi connectivity index (χ3v) is 6.05. The van der Waals surface area contributed by atoms with Gasteiger partial charge in [0.15, 0.2) is 22.5 Å². The normalized spacial score (nSPS) is 12.1. The Morgan fingerprint density at radius 2 is 1.78 bits per heavy atom. The fourth-order valence-electron chi connectivity index (χ4n) is 3.47. The zero-order chi connectivity index (χ0) is 21.9. The maximum Gasteiger partial charge on any atom is 0.269 e. The molecule has 0 amide bonds. The predicted octanol–water partition coefficient (Wildman–Crippen LogP) is 4.92. The highest BCUT2D eigenvalue weighted by Crippen LogP contribution is 2.34. The summed E-state index contributed by atoms with van der Waals surface area (Å²) in [5.41, 5.74) is 2.92. The van der Waals surface area contributed by atoms with Crippen LogP contribution in [0.3, 0.4) is 0 Å². The van der Waals surface area contributed by atoms with Gasteiger partial charge in [-0.05, 0) is 23.3 Å². The second-order valence-corrected chi connectivity index (χ2v) is 8.10. The number of benzene rings is 3. The Bertz CT molecular complexity index is 1280. The molecule has 0 radical (unpaired) electrons. The van der Waals surface area contributed by atoms with E-state index in [2.05, 4.69) is 14.8 Å². The number of fused-ring (bicyclic) bond motifs is 1. The molecular weight excluding hydrogens is 428 g/mol. The number of non-ortho nitro benzene ring substituents is 1. The molecule has 0 saturated heterocycles. The van der Waals surface area contributed by atoms with E-state index in [-0.39, 0.29) is 17.4 Å². The summed E-state index contributed by atoms with van der Waals surface area (Å²) < 4.78 is 13.0. The molecule has 2 heterocycles. The summed E-state index contributed by atoms with van der Waals surface area (Å²) in [6.45, 7) is 0.774. The summed E-state index contributed by atoms with van der Waals surface area (Å²) in [6, 6.07) is 22.4. The quantitative estimate of drug-likeness (QED) is 0.226. The van der Waals surface area contributed by atoms with E-state index in [1.54, 1.807) is 12.1 Å². The molecule has 8 nitrogen and oxygen atoms in total. The highest BCUT2D eigenvalue weighted by molar-refractivity contribution is 7.98. The molecule has 3 aromatic carbocycles. The van der Waals surface area contributed by atoms with Crippen LogP contribution in [0.5, 0.6) is 11.5 Å². The maximum absolute atomic E-state index is 11.1. The fourth-order valence-corrected chi connectivity index (χ4v) is 4.35. The Morgan fingerprint density at radius 3 is 2.62 bits per heavy atom. The molecule has 1 aliphatic heterocycles. The number of rotatable bonds is 7. The molecule has 0 unspecified atom stereocenters. The number of aromatic nitrogens is 3. The van der Waals surface area contributed by atoms with Crippen molar-refractivity contribution in [2.24, 2.45) is 0 Å². The summed E-state index contributed by atoms with van der Waals surface area (Å²) in [6.07, 6.45) is 0. The lowest BCUT2D eigenvalue weighted by atomic mass is 10.2. The minimum absolute atomic E-state index is 0.0786. The van der Waals surface area contributed by atoms with Gasteiger partial charge in [0.1, 0.15) is 0 Å². The van der Waals surface area contributed by atoms with Crippen molar-refractivity contribution in [1.29, 1.82) is 0 Å². The zero-order valence-electron chi connectivity index (χ0n) is 16.9. The number of thioether (sulfide) groups is 1. The number of nitro benzene ring substituents is 1. The summed E-state index contributed by atoms with van der Waals surface area (Å²) in [5, 5.41) is 20.7. The highest BCUT2D eigenvalue weighted by Gasteiger charge is 2.18. The average molecular weight is 446 g/mol. The molecule has 0 spiro atoms. The molecule has 5 rings (SSSR count). The minimum atomic E-state index is -0.385. The van der Waals surface area contributed by atoms with E-state index < -0.39 is 0 Å². The van der Waals surface area contributed by atoms with Crippen LogP contribution < -0.4 is 9.47 Å². The van der Waals surface area contributed by atoms with E-state index >= 15 is 0 Å². The van der Waals surface area contributed by atoms with Crippen LogP contribution in [-0.2, 0) is 12.3 Å². The first-order valence-corrected chi connectivity index (χ1v) is 10.9. The molecule has 1 aliphatic rings. The van der Waals surface area contributed by atoms with E-state index in [1.807, 2.05) is 54.6 Å². The molecule has 1 aromatic heterocycles. The summed E-state index contributed by atoms with van der Waals surface area (Å²) >= 11 is 1.49. The largest absolute Gasteiger partial charge is 0.454 e. The Hall–Kier alpha value is -3.85. The smallest absolute Gasteiger partial charge is 0.269 e. The highest BCUT2D eigenvalue weighted by atomic mass is 32.2. The predicted molar refractivity (Wildman–Crippen MR) is 120 cm³/mol. The van der Waals surface area contributed by atoms with Crippen molar-refractivity contribution < 1.29 is 14.4 Å². The second-order valence-electron chi connectivity index (χ2n) is 7.16. The minimum Gasteiger partial charge on any atom is -0.454 e. The number of nitrogens with zero attached hydrogens (tertiary/aromatic N) is 4. The van der Waals surface area contributed by atoms with Gasteiger partial charge in [-0.2, -0.15) is 0 Å². The van der Waals surface area contributed by atoms with Gasteiger partial charge in [-0.1, -0.05) is 60.3 Å². The summed E-state index contributed by atoms with van der Waals surface area (Å²) in [4.78, 5) is 10.7. The molecule has 0 saturated carbocycles. The Balaban J connectivity index is 1.45. The first-order chi connectivity index (χ1) is 15.7. The average Bonchev–Trinajstić information content (AvgIpc) is 3.45. The monoisotopic (exact) mass is 446 g/mol.